The van der Waals surface area contributed by atoms with Crippen molar-refractivity contribution in [2.45, 2.75) is 38.8 Å². The third kappa shape index (κ3) is 2.73. The van der Waals surface area contributed by atoms with Crippen LogP contribution in [0.4, 0.5) is 5.69 Å². The molecule has 1 aromatic rings. The van der Waals surface area contributed by atoms with Gasteiger partial charge in [-0.25, -0.2) is 0 Å². The summed E-state index contributed by atoms with van der Waals surface area (Å²) in [6.07, 6.45) is 7.71. The largest absolute Gasteiger partial charge is 0.371 e. The van der Waals surface area contributed by atoms with Crippen molar-refractivity contribution in [1.82, 2.24) is 10.3 Å². The van der Waals surface area contributed by atoms with E-state index < -0.39 is 0 Å². The monoisotopic (exact) mass is 219 g/mol. The summed E-state index contributed by atoms with van der Waals surface area (Å²) in [5, 5.41) is 3.44. The van der Waals surface area contributed by atoms with E-state index in [9.17, 15) is 0 Å². The number of rotatable bonds is 6. The minimum atomic E-state index is 0.757. The highest BCUT2D eigenvalue weighted by Crippen LogP contribution is 2.31. The number of pyridine rings is 1. The molecule has 0 amide bonds. The maximum atomic E-state index is 4.22. The third-order valence-corrected chi connectivity index (χ3v) is 3.09. The Morgan fingerprint density at radius 2 is 2.31 bits per heavy atom. The lowest BCUT2D eigenvalue weighted by Gasteiger charge is -2.21. The first kappa shape index (κ1) is 11.4. The van der Waals surface area contributed by atoms with Crippen molar-refractivity contribution in [2.24, 2.45) is 0 Å². The van der Waals surface area contributed by atoms with Crippen LogP contribution in [0.5, 0.6) is 0 Å². The van der Waals surface area contributed by atoms with Gasteiger partial charge < -0.3 is 10.2 Å². The molecule has 2 rings (SSSR count). The molecule has 0 aliphatic heterocycles. The van der Waals surface area contributed by atoms with Gasteiger partial charge in [0.15, 0.2) is 0 Å². The summed E-state index contributed by atoms with van der Waals surface area (Å²) >= 11 is 0. The second-order valence-corrected chi connectivity index (χ2v) is 4.52. The molecular formula is C13H21N3. The Bertz CT molecular complexity index is 334. The zero-order valence-corrected chi connectivity index (χ0v) is 10.2. The van der Waals surface area contributed by atoms with Gasteiger partial charge in [0, 0.05) is 43.3 Å². The van der Waals surface area contributed by atoms with Crippen molar-refractivity contribution in [2.75, 3.05) is 18.5 Å². The van der Waals surface area contributed by atoms with Crippen LogP contribution in [0, 0.1) is 0 Å². The molecule has 0 unspecified atom stereocenters. The van der Waals surface area contributed by atoms with Gasteiger partial charge >= 0.3 is 0 Å². The van der Waals surface area contributed by atoms with E-state index in [1.807, 2.05) is 12.4 Å². The molecule has 1 N–H and O–H groups in total. The molecule has 88 valence electrons. The average molecular weight is 219 g/mol. The van der Waals surface area contributed by atoms with E-state index >= 15 is 0 Å². The Balaban J connectivity index is 2.04. The maximum Gasteiger partial charge on any atom is 0.0442 e. The summed E-state index contributed by atoms with van der Waals surface area (Å²) in [7, 11) is 2.19. The summed E-state index contributed by atoms with van der Waals surface area (Å²) in [6, 6.07) is 2.88. The van der Waals surface area contributed by atoms with Crippen LogP contribution in [0.1, 0.15) is 31.7 Å². The maximum absolute atomic E-state index is 4.22. The molecule has 1 fully saturated rings. The van der Waals surface area contributed by atoms with Gasteiger partial charge in [0.1, 0.15) is 0 Å². The second-order valence-electron chi connectivity index (χ2n) is 4.52. The van der Waals surface area contributed by atoms with Gasteiger partial charge in [-0.3, -0.25) is 4.98 Å². The summed E-state index contributed by atoms with van der Waals surface area (Å²) in [5.41, 5.74) is 2.64. The first-order valence-electron chi connectivity index (χ1n) is 6.19. The number of anilines is 1. The molecule has 1 aromatic heterocycles. The normalized spacial score (nSPS) is 15.1. The lowest BCUT2D eigenvalue weighted by atomic mass is 10.2. The Hall–Kier alpha value is -1.09. The van der Waals surface area contributed by atoms with Gasteiger partial charge in [-0.05, 0) is 31.9 Å². The van der Waals surface area contributed by atoms with E-state index in [0.717, 1.165) is 19.1 Å². The predicted octanol–water partition coefficient (Wildman–Crippen LogP) is 2.18. The van der Waals surface area contributed by atoms with Gasteiger partial charge in [-0.1, -0.05) is 6.92 Å². The quantitative estimate of drug-likeness (QED) is 0.743. The van der Waals surface area contributed by atoms with Gasteiger partial charge in [-0.2, -0.15) is 0 Å². The highest BCUT2D eigenvalue weighted by Gasteiger charge is 2.27. The Morgan fingerprint density at radius 3 is 3.00 bits per heavy atom. The van der Waals surface area contributed by atoms with E-state index in [1.54, 1.807) is 0 Å². The van der Waals surface area contributed by atoms with Crippen molar-refractivity contribution in [3.8, 4) is 0 Å². The molecule has 0 spiro atoms. The molecule has 0 atom stereocenters. The summed E-state index contributed by atoms with van der Waals surface area (Å²) < 4.78 is 0. The van der Waals surface area contributed by atoms with Gasteiger partial charge in [0.25, 0.3) is 0 Å². The third-order valence-electron chi connectivity index (χ3n) is 3.09. The first-order chi connectivity index (χ1) is 7.83. The van der Waals surface area contributed by atoms with Crippen molar-refractivity contribution in [3.05, 3.63) is 24.0 Å². The fourth-order valence-electron chi connectivity index (χ4n) is 1.96. The van der Waals surface area contributed by atoms with Gasteiger partial charge in [-0.15, -0.1) is 0 Å². The minimum absolute atomic E-state index is 0.757. The topological polar surface area (TPSA) is 28.2 Å². The summed E-state index contributed by atoms with van der Waals surface area (Å²) in [5.74, 6) is 0. The van der Waals surface area contributed by atoms with E-state index in [-0.39, 0.29) is 0 Å². The zero-order chi connectivity index (χ0) is 11.4. The lowest BCUT2D eigenvalue weighted by molar-refractivity contribution is 0.672. The Morgan fingerprint density at radius 1 is 1.50 bits per heavy atom. The van der Waals surface area contributed by atoms with E-state index in [0.29, 0.717) is 0 Å². The number of hydrogen-bond acceptors (Lipinski definition) is 3. The van der Waals surface area contributed by atoms with Crippen molar-refractivity contribution >= 4 is 5.69 Å². The number of nitrogens with zero attached hydrogens (tertiary/aromatic N) is 2. The predicted molar refractivity (Wildman–Crippen MR) is 67.7 cm³/mol. The van der Waals surface area contributed by atoms with Crippen LogP contribution in [0.2, 0.25) is 0 Å². The Labute approximate surface area is 97.9 Å². The lowest BCUT2D eigenvalue weighted by Crippen LogP contribution is -2.23. The van der Waals surface area contributed by atoms with Crippen LogP contribution in [0.25, 0.3) is 0 Å². The van der Waals surface area contributed by atoms with Gasteiger partial charge in [0.05, 0.1) is 0 Å². The van der Waals surface area contributed by atoms with Crippen LogP contribution >= 0.6 is 0 Å². The molecule has 16 heavy (non-hydrogen) atoms. The van der Waals surface area contributed by atoms with Crippen molar-refractivity contribution < 1.29 is 0 Å². The standard InChI is InChI=1S/C13H21N3/c1-3-7-14-9-11-10-15-8-6-13(11)16(2)12-4-5-12/h6,8,10,12,14H,3-5,7,9H2,1-2H3. The molecule has 0 saturated heterocycles. The van der Waals surface area contributed by atoms with Crippen LogP contribution in [-0.4, -0.2) is 24.6 Å². The molecule has 3 nitrogen and oxygen atoms in total. The van der Waals surface area contributed by atoms with E-state index in [1.165, 1.54) is 30.5 Å². The van der Waals surface area contributed by atoms with Gasteiger partial charge in [0.2, 0.25) is 0 Å². The molecule has 3 heteroatoms. The smallest absolute Gasteiger partial charge is 0.0442 e. The van der Waals surface area contributed by atoms with Crippen molar-refractivity contribution in [3.63, 3.8) is 0 Å². The molecule has 1 saturated carbocycles. The van der Waals surface area contributed by atoms with Crippen molar-refractivity contribution in [1.29, 1.82) is 0 Å². The van der Waals surface area contributed by atoms with Crippen LogP contribution in [-0.2, 0) is 6.54 Å². The number of aromatic nitrogens is 1. The van der Waals surface area contributed by atoms with Crippen LogP contribution in [0.15, 0.2) is 18.5 Å². The summed E-state index contributed by atoms with van der Waals surface area (Å²) in [4.78, 5) is 6.61. The Kier molecular flexibility index (Phi) is 3.78. The zero-order valence-electron chi connectivity index (χ0n) is 10.2. The van der Waals surface area contributed by atoms with E-state index in [2.05, 4.69) is 35.2 Å². The highest BCUT2D eigenvalue weighted by atomic mass is 15.2. The fourth-order valence-corrected chi connectivity index (χ4v) is 1.96. The SMILES string of the molecule is CCCNCc1cnccc1N(C)C1CC1. The fraction of sp³-hybridized carbons (Fsp3) is 0.615. The molecule has 1 heterocycles. The second kappa shape index (κ2) is 5.30. The van der Waals surface area contributed by atoms with E-state index in [4.69, 9.17) is 0 Å². The molecule has 0 bridgehead atoms. The van der Waals surface area contributed by atoms with Crippen LogP contribution < -0.4 is 10.2 Å². The molecule has 0 aromatic carbocycles. The molecule has 0 radical (unpaired) electrons. The first-order valence-corrected chi connectivity index (χ1v) is 6.19. The molecular weight excluding hydrogens is 198 g/mol. The number of nitrogens with one attached hydrogen (secondary N) is 1. The minimum Gasteiger partial charge on any atom is -0.371 e. The summed E-state index contributed by atoms with van der Waals surface area (Å²) in [6.45, 7) is 4.18. The molecule has 1 aliphatic carbocycles. The van der Waals surface area contributed by atoms with Crippen LogP contribution in [0.3, 0.4) is 0 Å². The average Bonchev–Trinajstić information content (AvgIpc) is 3.13. The molecule has 1 aliphatic rings. The number of hydrogen-bond donors (Lipinski definition) is 1. The highest BCUT2D eigenvalue weighted by molar-refractivity contribution is 5.53.